The molecule has 39 heavy (non-hydrogen) atoms. The van der Waals surface area contributed by atoms with E-state index in [4.69, 9.17) is 19.9 Å². The normalized spacial score (nSPS) is 15.7. The largest absolute Gasteiger partial charge is 0.500 e. The van der Waals surface area contributed by atoms with E-state index in [1.54, 1.807) is 47.6 Å². The van der Waals surface area contributed by atoms with Gasteiger partial charge in [-0.05, 0) is 58.6 Å². The molecule has 2 rings (SSSR count). The number of carbonyl (C=O) groups is 3. The number of allylic oxidation sites excluding steroid dienone is 2. The number of hydrogen-bond acceptors (Lipinski definition) is 7. The number of fused-ring (bicyclic) bond motifs is 1. The van der Waals surface area contributed by atoms with Gasteiger partial charge < -0.3 is 24.9 Å². The first kappa shape index (κ1) is 31.8. The van der Waals surface area contributed by atoms with Gasteiger partial charge in [0.2, 0.25) is 0 Å². The molecule has 0 bridgehead atoms. The van der Waals surface area contributed by atoms with Crippen LogP contribution in [0.5, 0.6) is 0 Å². The van der Waals surface area contributed by atoms with Gasteiger partial charge in [-0.1, -0.05) is 38.1 Å². The van der Waals surface area contributed by atoms with Gasteiger partial charge in [0, 0.05) is 23.5 Å². The lowest BCUT2D eigenvalue weighted by Crippen LogP contribution is -2.45. The minimum atomic E-state index is -1.20. The zero-order valence-electron chi connectivity index (χ0n) is 24.5. The van der Waals surface area contributed by atoms with Gasteiger partial charge in [-0.25, -0.2) is 4.79 Å². The summed E-state index contributed by atoms with van der Waals surface area (Å²) in [5.74, 6) is -2.23. The van der Waals surface area contributed by atoms with Crippen molar-refractivity contribution >= 4 is 28.6 Å². The Balaban J connectivity index is 2.26. The Bertz CT molecular complexity index is 1200. The Morgan fingerprint density at radius 1 is 1.10 bits per heavy atom. The molecule has 1 aromatic carbocycles. The molecular formula is C31H44N2O6. The number of aromatic amines is 1. The first-order valence-corrected chi connectivity index (χ1v) is 13.3. The Morgan fingerprint density at radius 2 is 1.74 bits per heavy atom. The number of para-hydroxylation sites is 1. The van der Waals surface area contributed by atoms with Crippen LogP contribution in [-0.2, 0) is 35.0 Å². The van der Waals surface area contributed by atoms with Gasteiger partial charge in [-0.3, -0.25) is 9.59 Å². The van der Waals surface area contributed by atoms with Crippen LogP contribution in [0.25, 0.3) is 10.9 Å². The zero-order chi connectivity index (χ0) is 29.5. The number of ether oxygens (including phenoxy) is 3. The van der Waals surface area contributed by atoms with E-state index in [2.05, 4.69) is 11.6 Å². The number of benzene rings is 1. The van der Waals surface area contributed by atoms with Crippen LogP contribution < -0.4 is 5.73 Å². The minimum Gasteiger partial charge on any atom is -0.500 e. The van der Waals surface area contributed by atoms with Crippen LogP contribution in [0.15, 0.2) is 55.0 Å². The lowest BCUT2D eigenvalue weighted by molar-refractivity contribution is -0.159. The molecule has 3 N–H and O–H groups in total. The summed E-state index contributed by atoms with van der Waals surface area (Å²) in [5.41, 5.74) is 6.26. The number of carbonyl (C=O) groups excluding carboxylic acids is 3. The lowest BCUT2D eigenvalue weighted by atomic mass is 9.75. The fraction of sp³-hybridized carbons (Fsp3) is 0.516. The molecule has 0 aliphatic rings. The van der Waals surface area contributed by atoms with Gasteiger partial charge in [-0.2, -0.15) is 0 Å². The molecule has 0 fully saturated rings. The molecule has 0 spiro atoms. The Labute approximate surface area is 232 Å². The van der Waals surface area contributed by atoms with Crippen LogP contribution in [0.1, 0.15) is 60.5 Å². The topological polar surface area (TPSA) is 121 Å². The summed E-state index contributed by atoms with van der Waals surface area (Å²) >= 11 is 0. The van der Waals surface area contributed by atoms with E-state index >= 15 is 0 Å². The molecule has 1 aromatic heterocycles. The summed E-state index contributed by atoms with van der Waals surface area (Å²) in [6.07, 6.45) is 4.80. The Hall–Kier alpha value is -3.39. The quantitative estimate of drug-likeness (QED) is 0.154. The number of Topliss-reactive ketones (excluding diaryl/α,β-unsaturated/α-hetero) is 1. The number of rotatable bonds is 13. The summed E-state index contributed by atoms with van der Waals surface area (Å²) < 4.78 is 16.8. The van der Waals surface area contributed by atoms with Gasteiger partial charge in [0.05, 0.1) is 24.5 Å². The summed E-state index contributed by atoms with van der Waals surface area (Å²) in [6.45, 7) is 16.0. The number of nitrogens with two attached hydrogens (primary N) is 1. The monoisotopic (exact) mass is 540 g/mol. The third kappa shape index (κ3) is 8.30. The zero-order valence-corrected chi connectivity index (χ0v) is 24.5. The van der Waals surface area contributed by atoms with Crippen molar-refractivity contribution in [3.8, 4) is 0 Å². The van der Waals surface area contributed by atoms with E-state index in [9.17, 15) is 14.4 Å². The number of nitrogens with one attached hydrogen (secondary N) is 1. The molecule has 0 aliphatic carbocycles. The molecule has 0 radical (unpaired) electrons. The predicted octanol–water partition coefficient (Wildman–Crippen LogP) is 5.27. The number of ketones is 1. The molecule has 0 aliphatic heterocycles. The molecule has 8 nitrogen and oxygen atoms in total. The maximum absolute atomic E-state index is 13.8. The third-order valence-electron chi connectivity index (χ3n) is 6.78. The number of aromatic nitrogens is 1. The third-order valence-corrected chi connectivity index (χ3v) is 6.78. The molecule has 0 saturated heterocycles. The molecular weight excluding hydrogens is 496 g/mol. The van der Waals surface area contributed by atoms with Gasteiger partial charge in [-0.15, -0.1) is 6.58 Å². The highest BCUT2D eigenvalue weighted by molar-refractivity contribution is 5.92. The first-order chi connectivity index (χ1) is 18.1. The SMILES string of the molecule is C=CC[C@H](C)[C@H](OC(=O)[C@@H](N)Cc1c[nH]c2ccccc12)[C@@H](C)C(=O)C(C)(C)/C(=C/C(=O)OC(C)(C)C)OC. The number of H-pyrrole nitrogens is 1. The highest BCUT2D eigenvalue weighted by Crippen LogP contribution is 2.35. The maximum Gasteiger partial charge on any atom is 0.334 e. The summed E-state index contributed by atoms with van der Waals surface area (Å²) in [7, 11) is 1.40. The minimum absolute atomic E-state index is 0.158. The first-order valence-electron chi connectivity index (χ1n) is 13.3. The van der Waals surface area contributed by atoms with Gasteiger partial charge in [0.25, 0.3) is 0 Å². The van der Waals surface area contributed by atoms with Crippen molar-refractivity contribution in [2.75, 3.05) is 7.11 Å². The van der Waals surface area contributed by atoms with Crippen LogP contribution in [0.3, 0.4) is 0 Å². The molecule has 8 heteroatoms. The van der Waals surface area contributed by atoms with E-state index in [-0.39, 0.29) is 23.9 Å². The smallest absolute Gasteiger partial charge is 0.334 e. The van der Waals surface area contributed by atoms with Gasteiger partial charge >= 0.3 is 11.9 Å². The fourth-order valence-electron chi connectivity index (χ4n) is 4.72. The summed E-state index contributed by atoms with van der Waals surface area (Å²) in [4.78, 5) is 42.6. The van der Waals surface area contributed by atoms with E-state index in [1.165, 1.54) is 13.2 Å². The van der Waals surface area contributed by atoms with E-state index in [1.807, 2.05) is 37.4 Å². The molecule has 0 saturated carbocycles. The van der Waals surface area contributed by atoms with E-state index in [0.717, 1.165) is 16.5 Å². The van der Waals surface area contributed by atoms with Crippen LogP contribution in [0.4, 0.5) is 0 Å². The maximum atomic E-state index is 13.8. The average molecular weight is 541 g/mol. The molecule has 2 aromatic rings. The van der Waals surface area contributed by atoms with Crippen LogP contribution in [0, 0.1) is 17.3 Å². The second kappa shape index (κ2) is 13.1. The van der Waals surface area contributed by atoms with Crippen molar-refractivity contribution in [2.45, 2.75) is 79.1 Å². The van der Waals surface area contributed by atoms with Crippen molar-refractivity contribution in [1.29, 1.82) is 0 Å². The second-order valence-corrected chi connectivity index (χ2v) is 11.6. The fourth-order valence-corrected chi connectivity index (χ4v) is 4.72. The summed E-state index contributed by atoms with van der Waals surface area (Å²) in [6, 6.07) is 6.86. The molecule has 4 atom stereocenters. The average Bonchev–Trinajstić information content (AvgIpc) is 3.26. The highest BCUT2D eigenvalue weighted by atomic mass is 16.6. The van der Waals surface area contributed by atoms with Crippen molar-refractivity contribution in [2.24, 2.45) is 23.0 Å². The predicted molar refractivity (Wildman–Crippen MR) is 153 cm³/mol. The van der Waals surface area contributed by atoms with Gasteiger partial charge in [0.1, 0.15) is 23.5 Å². The van der Waals surface area contributed by atoms with Gasteiger partial charge in [0.15, 0.2) is 5.78 Å². The van der Waals surface area contributed by atoms with Crippen LogP contribution in [-0.4, -0.2) is 47.6 Å². The summed E-state index contributed by atoms with van der Waals surface area (Å²) in [5, 5.41) is 0.992. The Kier molecular flexibility index (Phi) is 10.7. The number of hydrogen-bond donors (Lipinski definition) is 2. The van der Waals surface area contributed by atoms with E-state index in [0.29, 0.717) is 6.42 Å². The van der Waals surface area contributed by atoms with Crippen molar-refractivity contribution in [3.63, 3.8) is 0 Å². The van der Waals surface area contributed by atoms with Crippen molar-refractivity contribution in [3.05, 3.63) is 60.5 Å². The molecule has 0 amide bonds. The molecule has 214 valence electrons. The van der Waals surface area contributed by atoms with Crippen LogP contribution >= 0.6 is 0 Å². The molecule has 1 heterocycles. The molecule has 0 unspecified atom stereocenters. The second-order valence-electron chi connectivity index (χ2n) is 11.6. The number of esters is 2. The standard InChI is InChI=1S/C31H44N2O6/c1-10-13-19(2)27(38-29(36)23(32)16-21-18-33-24-15-12-11-14-22(21)24)20(3)28(35)31(7,8)25(37-9)17-26(34)39-30(4,5)6/h10-12,14-15,17-20,23,27,33H,1,13,16,32H2,2-9H3/b25-17-/t19-,20+,23-,27-/m0/s1. The van der Waals surface area contributed by atoms with Crippen molar-refractivity contribution in [1.82, 2.24) is 4.98 Å². The lowest BCUT2D eigenvalue weighted by Gasteiger charge is -2.34. The Morgan fingerprint density at radius 3 is 2.33 bits per heavy atom. The number of methoxy groups -OCH3 is 1. The van der Waals surface area contributed by atoms with Crippen molar-refractivity contribution < 1.29 is 28.6 Å². The van der Waals surface area contributed by atoms with E-state index < -0.39 is 41.0 Å². The van der Waals surface area contributed by atoms with Crippen LogP contribution in [0.2, 0.25) is 0 Å². The highest BCUT2D eigenvalue weighted by Gasteiger charge is 2.42.